The van der Waals surface area contributed by atoms with Crippen molar-refractivity contribution < 1.29 is 5.11 Å². The maximum atomic E-state index is 9.39. The summed E-state index contributed by atoms with van der Waals surface area (Å²) in [5.74, 6) is 1.81. The van der Waals surface area contributed by atoms with E-state index in [1.165, 1.54) is 0 Å². The van der Waals surface area contributed by atoms with Gasteiger partial charge in [0.15, 0.2) is 0 Å². The first-order valence-electron chi connectivity index (χ1n) is 5.79. The topological polar surface area (TPSA) is 49.2 Å². The highest BCUT2D eigenvalue weighted by molar-refractivity contribution is 6.29. The Balaban J connectivity index is 2.25. The number of nitrogens with zero attached hydrogens (tertiary/aromatic N) is 3. The maximum absolute atomic E-state index is 9.39. The predicted octanol–water partition coefficient (Wildman–Crippen LogP) is 1.89. The second-order valence-electron chi connectivity index (χ2n) is 5.34. The number of aryl methyl sites for hydroxylation is 1. The van der Waals surface area contributed by atoms with E-state index in [1.807, 2.05) is 6.92 Å². The lowest BCUT2D eigenvalue weighted by atomic mass is 9.83. The van der Waals surface area contributed by atoms with E-state index in [1.54, 1.807) is 6.07 Å². The van der Waals surface area contributed by atoms with Crippen LogP contribution < -0.4 is 4.90 Å². The molecule has 1 fully saturated rings. The van der Waals surface area contributed by atoms with Gasteiger partial charge in [-0.3, -0.25) is 0 Å². The van der Waals surface area contributed by atoms with Crippen molar-refractivity contribution in [2.75, 3.05) is 24.6 Å². The van der Waals surface area contributed by atoms with Crippen LogP contribution in [0.25, 0.3) is 0 Å². The molecule has 1 N–H and O–H groups in total. The summed E-state index contributed by atoms with van der Waals surface area (Å²) in [6.07, 6.45) is 0. The number of aromatic nitrogens is 2. The van der Waals surface area contributed by atoms with Gasteiger partial charge in [-0.25, -0.2) is 9.97 Å². The number of hydrogen-bond acceptors (Lipinski definition) is 4. The van der Waals surface area contributed by atoms with Crippen LogP contribution in [-0.4, -0.2) is 34.8 Å². The van der Waals surface area contributed by atoms with Gasteiger partial charge in [0.2, 0.25) is 0 Å². The molecule has 1 aliphatic heterocycles. The van der Waals surface area contributed by atoms with Crippen LogP contribution in [0.3, 0.4) is 0 Å². The number of hydrogen-bond donors (Lipinski definition) is 1. The van der Waals surface area contributed by atoms with Crippen molar-refractivity contribution in [1.29, 1.82) is 0 Å². The fourth-order valence-electron chi connectivity index (χ4n) is 2.36. The zero-order chi connectivity index (χ0) is 12.6. The van der Waals surface area contributed by atoms with Gasteiger partial charge in [-0.1, -0.05) is 25.4 Å². The molecule has 4 nitrogen and oxygen atoms in total. The summed E-state index contributed by atoms with van der Waals surface area (Å²) in [6.45, 7) is 8.08. The third kappa shape index (κ3) is 2.53. The van der Waals surface area contributed by atoms with E-state index < -0.39 is 0 Å². The Morgan fingerprint density at radius 3 is 2.76 bits per heavy atom. The molecule has 1 saturated heterocycles. The highest BCUT2D eigenvalue weighted by atomic mass is 35.5. The van der Waals surface area contributed by atoms with Gasteiger partial charge in [0, 0.05) is 31.7 Å². The Hall–Kier alpha value is -0.870. The van der Waals surface area contributed by atoms with Gasteiger partial charge in [-0.2, -0.15) is 0 Å². The van der Waals surface area contributed by atoms with E-state index in [9.17, 15) is 5.11 Å². The van der Waals surface area contributed by atoms with Gasteiger partial charge >= 0.3 is 0 Å². The standard InChI is InChI=1S/C12H18ClN3O/c1-8-14-10(13)4-11(15-8)16-5-9(6-17)12(2,3)7-16/h4,9,17H,5-7H2,1-3H3/t9-/m0/s1. The molecule has 5 heteroatoms. The van der Waals surface area contributed by atoms with E-state index in [4.69, 9.17) is 11.6 Å². The first kappa shape index (κ1) is 12.6. The molecular weight excluding hydrogens is 238 g/mol. The largest absolute Gasteiger partial charge is 0.396 e. The van der Waals surface area contributed by atoms with Gasteiger partial charge < -0.3 is 10.0 Å². The molecule has 1 aliphatic rings. The third-order valence-corrected chi connectivity index (χ3v) is 3.68. The molecule has 1 aromatic heterocycles. The average molecular weight is 256 g/mol. The molecule has 94 valence electrons. The summed E-state index contributed by atoms with van der Waals surface area (Å²) >= 11 is 5.94. The lowest BCUT2D eigenvalue weighted by Crippen LogP contribution is -2.25. The van der Waals surface area contributed by atoms with Gasteiger partial charge in [-0.15, -0.1) is 0 Å². The second kappa shape index (κ2) is 4.42. The average Bonchev–Trinajstić information content (AvgIpc) is 2.52. The number of anilines is 1. The molecular formula is C12H18ClN3O. The summed E-state index contributed by atoms with van der Waals surface area (Å²) in [6, 6.07) is 1.78. The lowest BCUT2D eigenvalue weighted by Gasteiger charge is -2.23. The molecule has 0 amide bonds. The van der Waals surface area contributed by atoms with Crippen molar-refractivity contribution in [1.82, 2.24) is 9.97 Å². The smallest absolute Gasteiger partial charge is 0.134 e. The minimum atomic E-state index is 0.0973. The van der Waals surface area contributed by atoms with Crippen LogP contribution in [0.4, 0.5) is 5.82 Å². The molecule has 0 unspecified atom stereocenters. The van der Waals surface area contributed by atoms with Gasteiger partial charge in [0.25, 0.3) is 0 Å². The van der Waals surface area contributed by atoms with Crippen molar-refractivity contribution in [2.24, 2.45) is 11.3 Å². The van der Waals surface area contributed by atoms with E-state index >= 15 is 0 Å². The van der Waals surface area contributed by atoms with Gasteiger partial charge in [0.05, 0.1) is 0 Å². The molecule has 1 atom stereocenters. The van der Waals surface area contributed by atoms with Crippen molar-refractivity contribution in [3.8, 4) is 0 Å². The normalized spacial score (nSPS) is 23.1. The minimum Gasteiger partial charge on any atom is -0.396 e. The Morgan fingerprint density at radius 2 is 2.24 bits per heavy atom. The number of aliphatic hydroxyl groups is 1. The molecule has 0 bridgehead atoms. The highest BCUT2D eigenvalue weighted by Crippen LogP contribution is 2.37. The molecule has 2 rings (SSSR count). The highest BCUT2D eigenvalue weighted by Gasteiger charge is 2.39. The zero-order valence-electron chi connectivity index (χ0n) is 10.4. The fraction of sp³-hybridized carbons (Fsp3) is 0.667. The van der Waals surface area contributed by atoms with Crippen LogP contribution in [0.5, 0.6) is 0 Å². The number of rotatable bonds is 2. The summed E-state index contributed by atoms with van der Waals surface area (Å²) < 4.78 is 0. The molecule has 1 aromatic rings. The summed E-state index contributed by atoms with van der Waals surface area (Å²) in [4.78, 5) is 10.6. The lowest BCUT2D eigenvalue weighted by molar-refractivity contribution is 0.161. The van der Waals surface area contributed by atoms with Crippen LogP contribution in [0.1, 0.15) is 19.7 Å². The van der Waals surface area contributed by atoms with Crippen LogP contribution in [0.15, 0.2) is 6.07 Å². The maximum Gasteiger partial charge on any atom is 0.134 e. The quantitative estimate of drug-likeness (QED) is 0.820. The second-order valence-corrected chi connectivity index (χ2v) is 5.73. The first-order valence-corrected chi connectivity index (χ1v) is 6.17. The summed E-state index contributed by atoms with van der Waals surface area (Å²) in [7, 11) is 0. The monoisotopic (exact) mass is 255 g/mol. The number of aliphatic hydroxyl groups excluding tert-OH is 1. The molecule has 0 saturated carbocycles. The first-order chi connectivity index (χ1) is 7.92. The molecule has 0 radical (unpaired) electrons. The van der Waals surface area contributed by atoms with Crippen LogP contribution in [0, 0.1) is 18.3 Å². The van der Waals surface area contributed by atoms with Crippen molar-refractivity contribution in [3.05, 3.63) is 17.0 Å². The van der Waals surface area contributed by atoms with Crippen molar-refractivity contribution in [2.45, 2.75) is 20.8 Å². The summed E-state index contributed by atoms with van der Waals surface area (Å²) in [5, 5.41) is 9.86. The Labute approximate surface area is 107 Å². The van der Waals surface area contributed by atoms with E-state index in [0.29, 0.717) is 11.0 Å². The van der Waals surface area contributed by atoms with E-state index in [0.717, 1.165) is 18.9 Å². The number of halogens is 1. The third-order valence-electron chi connectivity index (χ3n) is 3.48. The Morgan fingerprint density at radius 1 is 1.53 bits per heavy atom. The van der Waals surface area contributed by atoms with Gasteiger partial charge in [0.1, 0.15) is 16.8 Å². The van der Waals surface area contributed by atoms with E-state index in [2.05, 4.69) is 28.7 Å². The molecule has 0 spiro atoms. The summed E-state index contributed by atoms with van der Waals surface area (Å²) in [5.41, 5.74) is 0.0973. The SMILES string of the molecule is Cc1nc(Cl)cc(N2C[C@@H](CO)C(C)(C)C2)n1. The fourth-order valence-corrected chi connectivity index (χ4v) is 2.58. The van der Waals surface area contributed by atoms with Crippen molar-refractivity contribution in [3.63, 3.8) is 0 Å². The predicted molar refractivity (Wildman–Crippen MR) is 68.3 cm³/mol. The van der Waals surface area contributed by atoms with Gasteiger partial charge in [-0.05, 0) is 12.3 Å². The molecule has 0 aromatic carbocycles. The molecule has 0 aliphatic carbocycles. The minimum absolute atomic E-state index is 0.0973. The van der Waals surface area contributed by atoms with E-state index in [-0.39, 0.29) is 17.9 Å². The molecule has 17 heavy (non-hydrogen) atoms. The Kier molecular flexibility index (Phi) is 3.27. The van der Waals surface area contributed by atoms with Crippen molar-refractivity contribution >= 4 is 17.4 Å². The Bertz CT molecular complexity index is 402. The zero-order valence-corrected chi connectivity index (χ0v) is 11.2. The van der Waals surface area contributed by atoms with Crippen LogP contribution in [-0.2, 0) is 0 Å². The van der Waals surface area contributed by atoms with Crippen LogP contribution in [0.2, 0.25) is 5.15 Å². The van der Waals surface area contributed by atoms with Crippen LogP contribution >= 0.6 is 11.6 Å². The molecule has 2 heterocycles.